The summed E-state index contributed by atoms with van der Waals surface area (Å²) >= 11 is 0. The van der Waals surface area contributed by atoms with Crippen molar-refractivity contribution in [3.05, 3.63) is 30.1 Å². The maximum absolute atomic E-state index is 12.6. The van der Waals surface area contributed by atoms with Gasteiger partial charge in [0.15, 0.2) is 0 Å². The van der Waals surface area contributed by atoms with E-state index in [1.165, 1.54) is 0 Å². The number of carbonyl (C=O) groups excluding carboxylic acids is 2. The van der Waals surface area contributed by atoms with Gasteiger partial charge in [-0.2, -0.15) is 0 Å². The lowest BCUT2D eigenvalue weighted by Crippen LogP contribution is -2.55. The van der Waals surface area contributed by atoms with Crippen LogP contribution in [0, 0.1) is 5.92 Å². The van der Waals surface area contributed by atoms with Gasteiger partial charge in [-0.3, -0.25) is 14.6 Å². The number of piperidine rings is 1. The molecule has 128 valence electrons. The minimum Gasteiger partial charge on any atom is -0.381 e. The van der Waals surface area contributed by atoms with Crippen LogP contribution < -0.4 is 5.32 Å². The fraction of sp³-hybridized carbons (Fsp3) is 0.611. The predicted octanol–water partition coefficient (Wildman–Crippen LogP) is 1.08. The Bertz CT molecular complexity index is 620. The van der Waals surface area contributed by atoms with Crippen LogP contribution in [-0.2, 0) is 14.3 Å². The molecule has 6 nitrogen and oxygen atoms in total. The zero-order valence-electron chi connectivity index (χ0n) is 13.7. The van der Waals surface area contributed by atoms with Crippen LogP contribution >= 0.6 is 0 Å². The fourth-order valence-corrected chi connectivity index (χ4v) is 4.40. The molecule has 4 heterocycles. The molecule has 1 aromatic heterocycles. The minimum absolute atomic E-state index is 0.0198. The van der Waals surface area contributed by atoms with Gasteiger partial charge in [0, 0.05) is 44.4 Å². The van der Waals surface area contributed by atoms with Gasteiger partial charge in [-0.1, -0.05) is 6.07 Å². The highest BCUT2D eigenvalue weighted by Gasteiger charge is 2.49. The van der Waals surface area contributed by atoms with Gasteiger partial charge in [-0.15, -0.1) is 0 Å². The number of ether oxygens (including phenoxy) is 1. The summed E-state index contributed by atoms with van der Waals surface area (Å²) in [6, 6.07) is 3.97. The largest absolute Gasteiger partial charge is 0.381 e. The van der Waals surface area contributed by atoms with Gasteiger partial charge in [0.05, 0.1) is 18.1 Å². The second-order valence-electron chi connectivity index (χ2n) is 7.13. The monoisotopic (exact) mass is 329 g/mol. The quantitative estimate of drug-likeness (QED) is 0.881. The molecule has 3 fully saturated rings. The van der Waals surface area contributed by atoms with Crippen molar-refractivity contribution in [2.24, 2.45) is 5.92 Å². The summed E-state index contributed by atoms with van der Waals surface area (Å²) in [5, 5.41) is 3.22. The molecule has 0 saturated carbocycles. The third kappa shape index (κ3) is 2.69. The molecule has 3 aliphatic rings. The van der Waals surface area contributed by atoms with Crippen LogP contribution in [-0.4, -0.2) is 53.5 Å². The number of carbonyl (C=O) groups is 2. The second kappa shape index (κ2) is 6.16. The average molecular weight is 329 g/mol. The molecule has 3 saturated heterocycles. The number of likely N-dealkylation sites (tertiary alicyclic amines) is 1. The van der Waals surface area contributed by atoms with E-state index < -0.39 is 0 Å². The van der Waals surface area contributed by atoms with Gasteiger partial charge in [0.25, 0.3) is 0 Å². The van der Waals surface area contributed by atoms with E-state index in [9.17, 15) is 9.59 Å². The molecule has 0 aliphatic carbocycles. The van der Waals surface area contributed by atoms with Crippen molar-refractivity contribution in [3.8, 4) is 0 Å². The van der Waals surface area contributed by atoms with Crippen molar-refractivity contribution in [3.63, 3.8) is 0 Å². The minimum atomic E-state index is -0.233. The number of amides is 2. The third-order valence-electron chi connectivity index (χ3n) is 5.78. The number of nitrogens with zero attached hydrogens (tertiary/aromatic N) is 2. The molecule has 6 heteroatoms. The maximum Gasteiger partial charge on any atom is 0.228 e. The molecule has 0 bridgehead atoms. The van der Waals surface area contributed by atoms with E-state index >= 15 is 0 Å². The zero-order chi connectivity index (χ0) is 16.6. The molecule has 4 rings (SSSR count). The van der Waals surface area contributed by atoms with Crippen LogP contribution in [0.5, 0.6) is 0 Å². The van der Waals surface area contributed by atoms with Crippen molar-refractivity contribution in [2.75, 3.05) is 26.3 Å². The highest BCUT2D eigenvalue weighted by Crippen LogP contribution is 2.43. The van der Waals surface area contributed by atoms with Gasteiger partial charge in [-0.25, -0.2) is 0 Å². The van der Waals surface area contributed by atoms with Crippen LogP contribution in [0.4, 0.5) is 0 Å². The van der Waals surface area contributed by atoms with E-state index in [0.29, 0.717) is 32.7 Å². The molecule has 2 amide bonds. The first-order valence-electron chi connectivity index (χ1n) is 8.75. The first kappa shape index (κ1) is 15.6. The molecule has 0 radical (unpaired) electrons. The molecular weight excluding hydrogens is 306 g/mol. The van der Waals surface area contributed by atoms with Gasteiger partial charge in [0.1, 0.15) is 0 Å². The standard InChI is InChI=1S/C18H23N3O3/c22-16-10-15(13-2-1-6-19-11-13)18(20-16)4-7-21(8-5-18)17(23)14-3-9-24-12-14/h1-2,6,11,14-15H,3-5,7-10,12H2,(H,20,22). The molecule has 3 aliphatic heterocycles. The van der Waals surface area contributed by atoms with Crippen molar-refractivity contribution in [2.45, 2.75) is 37.1 Å². The zero-order valence-corrected chi connectivity index (χ0v) is 13.7. The molecule has 2 atom stereocenters. The maximum atomic E-state index is 12.6. The van der Waals surface area contributed by atoms with E-state index in [4.69, 9.17) is 4.74 Å². The van der Waals surface area contributed by atoms with E-state index in [-0.39, 0.29) is 29.2 Å². The van der Waals surface area contributed by atoms with Crippen LogP contribution in [0.25, 0.3) is 0 Å². The highest BCUT2D eigenvalue weighted by molar-refractivity contribution is 5.82. The summed E-state index contributed by atoms with van der Waals surface area (Å²) in [6.07, 6.45) is 6.56. The summed E-state index contributed by atoms with van der Waals surface area (Å²) in [4.78, 5) is 30.8. The number of rotatable bonds is 2. The van der Waals surface area contributed by atoms with Crippen LogP contribution in [0.2, 0.25) is 0 Å². The molecule has 24 heavy (non-hydrogen) atoms. The molecule has 1 spiro atoms. The number of hydrogen-bond donors (Lipinski definition) is 1. The second-order valence-corrected chi connectivity index (χ2v) is 7.13. The molecule has 1 N–H and O–H groups in total. The van der Waals surface area contributed by atoms with Gasteiger partial charge in [-0.05, 0) is 30.9 Å². The highest BCUT2D eigenvalue weighted by atomic mass is 16.5. The smallest absolute Gasteiger partial charge is 0.228 e. The summed E-state index contributed by atoms with van der Waals surface area (Å²) in [5.74, 6) is 0.481. The third-order valence-corrected chi connectivity index (χ3v) is 5.78. The Morgan fingerprint density at radius 3 is 2.88 bits per heavy atom. The van der Waals surface area contributed by atoms with Crippen LogP contribution in [0.3, 0.4) is 0 Å². The summed E-state index contributed by atoms with van der Waals surface area (Å²) in [7, 11) is 0. The predicted molar refractivity (Wildman–Crippen MR) is 87.2 cm³/mol. The Morgan fingerprint density at radius 2 is 2.21 bits per heavy atom. The van der Waals surface area contributed by atoms with Gasteiger partial charge in [0.2, 0.25) is 11.8 Å². The van der Waals surface area contributed by atoms with E-state index in [2.05, 4.69) is 10.3 Å². The summed E-state index contributed by atoms with van der Waals surface area (Å²) < 4.78 is 5.34. The lowest BCUT2D eigenvalue weighted by Gasteiger charge is -2.43. The Morgan fingerprint density at radius 1 is 1.38 bits per heavy atom. The van der Waals surface area contributed by atoms with Crippen LogP contribution in [0.15, 0.2) is 24.5 Å². The lowest BCUT2D eigenvalue weighted by molar-refractivity contribution is -0.137. The number of hydrogen-bond acceptors (Lipinski definition) is 4. The van der Waals surface area contributed by atoms with E-state index in [1.807, 2.05) is 23.2 Å². The first-order chi connectivity index (χ1) is 11.7. The van der Waals surface area contributed by atoms with E-state index in [0.717, 1.165) is 24.8 Å². The van der Waals surface area contributed by atoms with Gasteiger partial charge >= 0.3 is 0 Å². The number of aromatic nitrogens is 1. The Labute approximate surface area is 141 Å². The molecule has 0 aromatic carbocycles. The van der Waals surface area contributed by atoms with Gasteiger partial charge < -0.3 is 15.0 Å². The lowest BCUT2D eigenvalue weighted by atomic mass is 9.74. The average Bonchev–Trinajstić information content (AvgIpc) is 3.24. The Hall–Kier alpha value is -1.95. The summed E-state index contributed by atoms with van der Waals surface area (Å²) in [6.45, 7) is 2.64. The van der Waals surface area contributed by atoms with Crippen molar-refractivity contribution in [1.82, 2.24) is 15.2 Å². The van der Waals surface area contributed by atoms with Crippen molar-refractivity contribution < 1.29 is 14.3 Å². The topological polar surface area (TPSA) is 71.5 Å². The SMILES string of the molecule is O=C1CC(c2cccnc2)C2(CCN(C(=O)C3CCOC3)CC2)N1. The normalized spacial score (nSPS) is 29.0. The summed E-state index contributed by atoms with van der Waals surface area (Å²) in [5.41, 5.74) is 0.878. The van der Waals surface area contributed by atoms with Crippen LogP contribution in [0.1, 0.15) is 37.2 Å². The van der Waals surface area contributed by atoms with E-state index in [1.54, 1.807) is 6.20 Å². The molecular formula is C18H23N3O3. The number of pyridine rings is 1. The molecule has 1 aromatic rings. The first-order valence-corrected chi connectivity index (χ1v) is 8.75. The Kier molecular flexibility index (Phi) is 4.00. The Balaban J connectivity index is 1.48. The van der Waals surface area contributed by atoms with Crippen molar-refractivity contribution in [1.29, 1.82) is 0 Å². The molecule has 2 unspecified atom stereocenters. The number of nitrogens with one attached hydrogen (secondary N) is 1. The van der Waals surface area contributed by atoms with Crippen molar-refractivity contribution >= 4 is 11.8 Å². The fourth-order valence-electron chi connectivity index (χ4n) is 4.40.